The summed E-state index contributed by atoms with van der Waals surface area (Å²) in [5.41, 5.74) is 6.76. The highest BCUT2D eigenvalue weighted by molar-refractivity contribution is 5.67. The van der Waals surface area contributed by atoms with E-state index >= 15 is 0 Å². The van der Waals surface area contributed by atoms with Gasteiger partial charge in [-0.05, 0) is 80.7 Å². The first-order valence-corrected chi connectivity index (χ1v) is 8.14. The van der Waals surface area contributed by atoms with Crippen LogP contribution in [0.2, 0.25) is 0 Å². The van der Waals surface area contributed by atoms with E-state index in [1.54, 1.807) is 6.08 Å². The number of allylic oxidation sites excluding steroid dienone is 10. The average Bonchev–Trinajstić information content (AvgIpc) is 2.43. The molecule has 0 fully saturated rings. The van der Waals surface area contributed by atoms with Crippen molar-refractivity contribution >= 4 is 6.29 Å². The molecule has 1 rings (SSSR count). The molecule has 0 saturated heterocycles. The van der Waals surface area contributed by atoms with Gasteiger partial charge in [-0.1, -0.05) is 43.7 Å². The van der Waals surface area contributed by atoms with E-state index in [4.69, 9.17) is 0 Å². The van der Waals surface area contributed by atoms with Crippen LogP contribution in [0.3, 0.4) is 0 Å². The van der Waals surface area contributed by atoms with Crippen LogP contribution in [-0.4, -0.2) is 6.29 Å². The molecule has 0 aromatic rings. The van der Waals surface area contributed by atoms with Crippen LogP contribution in [-0.2, 0) is 4.79 Å². The molecule has 0 spiro atoms. The minimum absolute atomic E-state index is 0.284. The van der Waals surface area contributed by atoms with Crippen molar-refractivity contribution in [3.05, 3.63) is 58.2 Å². The Morgan fingerprint density at radius 2 is 1.68 bits per heavy atom. The summed E-state index contributed by atoms with van der Waals surface area (Å²) >= 11 is 0. The van der Waals surface area contributed by atoms with E-state index in [0.29, 0.717) is 0 Å². The lowest BCUT2D eigenvalue weighted by Crippen LogP contribution is -2.19. The van der Waals surface area contributed by atoms with Crippen molar-refractivity contribution in [3.63, 3.8) is 0 Å². The topological polar surface area (TPSA) is 17.1 Å². The van der Waals surface area contributed by atoms with E-state index in [1.807, 2.05) is 13.0 Å². The summed E-state index contributed by atoms with van der Waals surface area (Å²) < 4.78 is 0. The zero-order valence-electron chi connectivity index (χ0n) is 15.0. The molecule has 22 heavy (non-hydrogen) atoms. The highest BCUT2D eigenvalue weighted by Crippen LogP contribution is 2.40. The van der Waals surface area contributed by atoms with Gasteiger partial charge in [0, 0.05) is 0 Å². The summed E-state index contributed by atoms with van der Waals surface area (Å²) in [6, 6.07) is 0. The molecule has 1 nitrogen and oxygen atoms in total. The van der Waals surface area contributed by atoms with Gasteiger partial charge in [0.15, 0.2) is 0 Å². The normalized spacial score (nSPS) is 20.7. The highest BCUT2D eigenvalue weighted by Gasteiger charge is 2.26. The summed E-state index contributed by atoms with van der Waals surface area (Å²) in [5, 5.41) is 0. The Morgan fingerprint density at radius 3 is 2.27 bits per heavy atom. The van der Waals surface area contributed by atoms with Gasteiger partial charge in [-0.25, -0.2) is 0 Å². The van der Waals surface area contributed by atoms with Crippen LogP contribution in [0.15, 0.2) is 58.2 Å². The van der Waals surface area contributed by atoms with Crippen molar-refractivity contribution in [3.8, 4) is 0 Å². The lowest BCUT2D eigenvalue weighted by Gasteiger charge is -2.33. The van der Waals surface area contributed by atoms with E-state index in [9.17, 15) is 4.79 Å². The molecule has 0 aliphatic heterocycles. The van der Waals surface area contributed by atoms with E-state index in [0.717, 1.165) is 11.9 Å². The lowest BCUT2D eigenvalue weighted by molar-refractivity contribution is -0.104. The van der Waals surface area contributed by atoms with Crippen molar-refractivity contribution in [1.82, 2.24) is 0 Å². The number of hydrogen-bond donors (Lipinski definition) is 0. The summed E-state index contributed by atoms with van der Waals surface area (Å²) in [7, 11) is 0. The summed E-state index contributed by atoms with van der Waals surface area (Å²) in [4.78, 5) is 10.4. The van der Waals surface area contributed by atoms with Crippen molar-refractivity contribution < 1.29 is 4.79 Å². The number of carbonyl (C=O) groups excluding carboxylic acids is 1. The minimum Gasteiger partial charge on any atom is -0.299 e. The SMILES string of the molecule is CC(=CC=O)/C=C\C(C)=C(C)C=CC1=C(C)CCCC1(C)C. The zero-order valence-corrected chi connectivity index (χ0v) is 15.0. The first-order chi connectivity index (χ1) is 10.3. The Morgan fingerprint density at radius 1 is 1.05 bits per heavy atom. The number of hydrogen-bond acceptors (Lipinski definition) is 1. The lowest BCUT2D eigenvalue weighted by atomic mass is 9.72. The Bertz CT molecular complexity index is 563. The third kappa shape index (κ3) is 5.29. The monoisotopic (exact) mass is 298 g/mol. The third-order valence-corrected chi connectivity index (χ3v) is 4.59. The van der Waals surface area contributed by atoms with Crippen molar-refractivity contribution in [2.75, 3.05) is 0 Å². The second-order valence-electron chi connectivity index (χ2n) is 7.01. The fraction of sp³-hybridized carbons (Fsp3) is 0.476. The van der Waals surface area contributed by atoms with Gasteiger partial charge in [0.05, 0.1) is 0 Å². The summed E-state index contributed by atoms with van der Waals surface area (Å²) in [5.74, 6) is 0. The van der Waals surface area contributed by atoms with Crippen LogP contribution in [0.5, 0.6) is 0 Å². The molecule has 0 unspecified atom stereocenters. The van der Waals surface area contributed by atoms with Crippen LogP contribution in [0, 0.1) is 5.41 Å². The van der Waals surface area contributed by atoms with Crippen molar-refractivity contribution in [2.24, 2.45) is 5.41 Å². The van der Waals surface area contributed by atoms with Crippen LogP contribution >= 0.6 is 0 Å². The molecule has 0 N–H and O–H groups in total. The van der Waals surface area contributed by atoms with Gasteiger partial charge in [-0.15, -0.1) is 0 Å². The molecule has 1 aliphatic rings. The molecule has 1 aliphatic carbocycles. The Hall–Kier alpha value is -1.63. The fourth-order valence-corrected chi connectivity index (χ4v) is 2.90. The van der Waals surface area contributed by atoms with Gasteiger partial charge >= 0.3 is 0 Å². The van der Waals surface area contributed by atoms with E-state index < -0.39 is 0 Å². The van der Waals surface area contributed by atoms with Gasteiger partial charge in [0.2, 0.25) is 0 Å². The quantitative estimate of drug-likeness (QED) is 0.340. The number of carbonyl (C=O) groups is 1. The Labute approximate surface area is 136 Å². The van der Waals surface area contributed by atoms with Crippen LogP contribution in [0.25, 0.3) is 0 Å². The predicted molar refractivity (Wildman–Crippen MR) is 96.8 cm³/mol. The molecule has 0 saturated carbocycles. The van der Waals surface area contributed by atoms with Crippen LogP contribution in [0.4, 0.5) is 0 Å². The van der Waals surface area contributed by atoms with E-state index in [1.165, 1.54) is 41.6 Å². The first kappa shape index (κ1) is 18.4. The van der Waals surface area contributed by atoms with Gasteiger partial charge in [-0.3, -0.25) is 4.79 Å². The van der Waals surface area contributed by atoms with Crippen molar-refractivity contribution in [2.45, 2.75) is 60.8 Å². The maximum Gasteiger partial charge on any atom is 0.143 e. The summed E-state index contributed by atoms with van der Waals surface area (Å²) in [6.07, 6.45) is 14.8. The smallest absolute Gasteiger partial charge is 0.143 e. The molecular weight excluding hydrogens is 268 g/mol. The molecule has 0 aromatic carbocycles. The molecule has 0 amide bonds. The molecule has 0 bridgehead atoms. The number of aldehydes is 1. The molecule has 0 aromatic heterocycles. The highest BCUT2D eigenvalue weighted by atomic mass is 16.1. The minimum atomic E-state index is 0.284. The second-order valence-corrected chi connectivity index (χ2v) is 7.01. The Balaban J connectivity index is 2.94. The number of rotatable bonds is 5. The summed E-state index contributed by atoms with van der Waals surface area (Å²) in [6.45, 7) is 13.1. The maximum atomic E-state index is 10.4. The fourth-order valence-electron chi connectivity index (χ4n) is 2.90. The van der Waals surface area contributed by atoms with Crippen molar-refractivity contribution in [1.29, 1.82) is 0 Å². The largest absolute Gasteiger partial charge is 0.299 e. The molecule has 0 radical (unpaired) electrons. The molecule has 0 heterocycles. The van der Waals surface area contributed by atoms with E-state index in [2.05, 4.69) is 52.8 Å². The Kier molecular flexibility index (Phi) is 6.80. The molecule has 1 heteroatoms. The van der Waals surface area contributed by atoms with Crippen LogP contribution in [0.1, 0.15) is 60.8 Å². The van der Waals surface area contributed by atoms with Gasteiger partial charge in [-0.2, -0.15) is 0 Å². The van der Waals surface area contributed by atoms with Crippen LogP contribution < -0.4 is 0 Å². The standard InChI is InChI=1S/C21H30O/c1-16(13-15-22)9-10-17(2)18(3)11-12-20-19(4)8-7-14-21(20,5)6/h9-13,15H,7-8,14H2,1-6H3/b10-9-,12-11?,16-13?,18-17?. The predicted octanol–water partition coefficient (Wildman–Crippen LogP) is 6.11. The van der Waals surface area contributed by atoms with Gasteiger partial charge in [0.25, 0.3) is 0 Å². The molecule has 0 atom stereocenters. The second kappa shape index (κ2) is 8.12. The van der Waals surface area contributed by atoms with E-state index in [-0.39, 0.29) is 5.41 Å². The zero-order chi connectivity index (χ0) is 16.8. The van der Waals surface area contributed by atoms with Gasteiger partial charge < -0.3 is 0 Å². The first-order valence-electron chi connectivity index (χ1n) is 8.14. The van der Waals surface area contributed by atoms with Gasteiger partial charge in [0.1, 0.15) is 6.29 Å². The average molecular weight is 298 g/mol. The maximum absolute atomic E-state index is 10.4. The molecular formula is C21H30O. The molecule has 120 valence electrons. The third-order valence-electron chi connectivity index (χ3n) is 4.59.